The van der Waals surface area contributed by atoms with E-state index in [4.69, 9.17) is 9.47 Å². The Morgan fingerprint density at radius 1 is 1.21 bits per heavy atom. The first kappa shape index (κ1) is 20.0. The Morgan fingerprint density at radius 2 is 2.04 bits per heavy atom. The van der Waals surface area contributed by atoms with Gasteiger partial charge in [-0.3, -0.25) is 4.79 Å². The van der Waals surface area contributed by atoms with E-state index in [9.17, 15) is 4.79 Å². The van der Waals surface area contributed by atoms with Gasteiger partial charge in [0.25, 0.3) is 5.91 Å². The number of hydrogen-bond donors (Lipinski definition) is 2. The first-order valence-corrected chi connectivity index (χ1v) is 9.84. The zero-order valence-corrected chi connectivity index (χ0v) is 17.1. The minimum atomic E-state index is -0.128. The summed E-state index contributed by atoms with van der Waals surface area (Å²) >= 11 is 1.38. The maximum atomic E-state index is 12.8. The van der Waals surface area contributed by atoms with Crippen molar-refractivity contribution in [1.82, 2.24) is 15.3 Å². The van der Waals surface area contributed by atoms with E-state index >= 15 is 0 Å². The van der Waals surface area contributed by atoms with Crippen LogP contribution < -0.4 is 15.4 Å². The number of methoxy groups -OCH3 is 2. The minimum absolute atomic E-state index is 0.128. The fourth-order valence-electron chi connectivity index (χ4n) is 2.95. The van der Waals surface area contributed by atoms with Crippen molar-refractivity contribution >= 4 is 33.3 Å². The third kappa shape index (κ3) is 4.40. The molecule has 0 radical (unpaired) electrons. The number of aromatic nitrogens is 2. The SMILES string of the molecule is COCCCNc1ncnc2sc(C(=O)NCc3ccccc3OC)c(C)c12. The molecule has 7 nitrogen and oxygen atoms in total. The number of aryl methyl sites for hydroxylation is 1. The molecule has 0 bridgehead atoms. The monoisotopic (exact) mass is 400 g/mol. The van der Waals surface area contributed by atoms with Crippen LogP contribution >= 0.6 is 11.3 Å². The number of fused-ring (bicyclic) bond motifs is 1. The van der Waals surface area contributed by atoms with Crippen molar-refractivity contribution in [3.63, 3.8) is 0 Å². The van der Waals surface area contributed by atoms with Gasteiger partial charge in [-0.25, -0.2) is 9.97 Å². The number of carbonyl (C=O) groups excluding carboxylic acids is 1. The third-order valence-corrected chi connectivity index (χ3v) is 5.58. The van der Waals surface area contributed by atoms with Crippen LogP contribution in [0.1, 0.15) is 27.2 Å². The zero-order chi connectivity index (χ0) is 19.9. The van der Waals surface area contributed by atoms with Gasteiger partial charge in [-0.2, -0.15) is 0 Å². The Morgan fingerprint density at radius 3 is 2.82 bits per heavy atom. The molecule has 1 aromatic carbocycles. The van der Waals surface area contributed by atoms with E-state index in [1.807, 2.05) is 31.2 Å². The molecular formula is C20H24N4O3S. The highest BCUT2D eigenvalue weighted by molar-refractivity contribution is 7.20. The Hall–Kier alpha value is -2.71. The van der Waals surface area contributed by atoms with Crippen molar-refractivity contribution in [1.29, 1.82) is 0 Å². The summed E-state index contributed by atoms with van der Waals surface area (Å²) in [5, 5.41) is 7.19. The number of amides is 1. The quantitative estimate of drug-likeness (QED) is 0.536. The molecule has 1 amide bonds. The third-order valence-electron chi connectivity index (χ3n) is 4.38. The lowest BCUT2D eigenvalue weighted by Crippen LogP contribution is -2.22. The van der Waals surface area contributed by atoms with Crippen LogP contribution in [0.5, 0.6) is 5.75 Å². The molecule has 0 aliphatic rings. The van der Waals surface area contributed by atoms with Crippen molar-refractivity contribution < 1.29 is 14.3 Å². The lowest BCUT2D eigenvalue weighted by Gasteiger charge is -2.09. The number of para-hydroxylation sites is 1. The molecule has 2 heterocycles. The van der Waals surface area contributed by atoms with Crippen LogP contribution in [-0.2, 0) is 11.3 Å². The number of rotatable bonds is 9. The van der Waals surface area contributed by atoms with Crippen LogP contribution in [0.25, 0.3) is 10.2 Å². The maximum absolute atomic E-state index is 12.8. The van der Waals surface area contributed by atoms with Crippen molar-refractivity contribution in [2.24, 2.45) is 0 Å². The van der Waals surface area contributed by atoms with E-state index in [0.29, 0.717) is 18.0 Å². The Kier molecular flexibility index (Phi) is 6.78. The molecule has 0 spiro atoms. The second-order valence-corrected chi connectivity index (χ2v) is 7.23. The van der Waals surface area contributed by atoms with Gasteiger partial charge in [0, 0.05) is 32.4 Å². The Labute approximate surface area is 168 Å². The van der Waals surface area contributed by atoms with Crippen LogP contribution in [0.15, 0.2) is 30.6 Å². The van der Waals surface area contributed by atoms with Gasteiger partial charge in [-0.05, 0) is 25.0 Å². The van der Waals surface area contributed by atoms with Crippen molar-refractivity contribution in [2.45, 2.75) is 19.9 Å². The number of benzene rings is 1. The summed E-state index contributed by atoms with van der Waals surface area (Å²) in [5.41, 5.74) is 1.81. The van der Waals surface area contributed by atoms with Gasteiger partial charge < -0.3 is 20.1 Å². The van der Waals surface area contributed by atoms with Crippen LogP contribution in [0.3, 0.4) is 0 Å². The predicted octanol–water partition coefficient (Wildman–Crippen LogP) is 3.39. The summed E-state index contributed by atoms with van der Waals surface area (Å²) in [4.78, 5) is 22.9. The zero-order valence-electron chi connectivity index (χ0n) is 16.2. The molecule has 0 fully saturated rings. The van der Waals surface area contributed by atoms with Gasteiger partial charge in [0.1, 0.15) is 22.7 Å². The van der Waals surface area contributed by atoms with Crippen molar-refractivity contribution in [3.8, 4) is 5.75 Å². The summed E-state index contributed by atoms with van der Waals surface area (Å²) in [6, 6.07) is 7.64. The molecule has 0 saturated carbocycles. The van der Waals surface area contributed by atoms with Gasteiger partial charge in [0.2, 0.25) is 0 Å². The van der Waals surface area contributed by atoms with E-state index in [0.717, 1.165) is 45.9 Å². The highest BCUT2D eigenvalue weighted by atomic mass is 32.1. The largest absolute Gasteiger partial charge is 0.496 e. The second-order valence-electron chi connectivity index (χ2n) is 6.23. The second kappa shape index (κ2) is 9.48. The number of ether oxygens (including phenoxy) is 2. The summed E-state index contributed by atoms with van der Waals surface area (Å²) < 4.78 is 10.4. The topological polar surface area (TPSA) is 85.4 Å². The number of nitrogens with zero attached hydrogens (tertiary/aromatic N) is 2. The first-order valence-electron chi connectivity index (χ1n) is 9.02. The van der Waals surface area contributed by atoms with Crippen LogP contribution in [-0.4, -0.2) is 43.2 Å². The standard InChI is InChI=1S/C20H24N4O3S/c1-13-16-18(21-9-6-10-26-2)23-12-24-20(16)28-17(13)19(25)22-11-14-7-4-5-8-15(14)27-3/h4-5,7-8,12H,6,9-11H2,1-3H3,(H,22,25)(H,21,23,24). The number of carbonyl (C=O) groups is 1. The highest BCUT2D eigenvalue weighted by Gasteiger charge is 2.19. The summed E-state index contributed by atoms with van der Waals surface area (Å²) in [6.45, 7) is 3.75. The van der Waals surface area contributed by atoms with Gasteiger partial charge in [0.15, 0.2) is 0 Å². The molecule has 148 valence electrons. The fourth-order valence-corrected chi connectivity index (χ4v) is 4.02. The molecule has 0 saturated heterocycles. The average molecular weight is 401 g/mol. The molecule has 0 unspecified atom stereocenters. The van der Waals surface area contributed by atoms with Crippen LogP contribution in [0.4, 0.5) is 5.82 Å². The normalized spacial score (nSPS) is 10.8. The summed E-state index contributed by atoms with van der Waals surface area (Å²) in [6.07, 6.45) is 2.39. The number of nitrogens with one attached hydrogen (secondary N) is 2. The fraction of sp³-hybridized carbons (Fsp3) is 0.350. The molecule has 0 aliphatic heterocycles. The molecule has 0 aliphatic carbocycles. The van der Waals surface area contributed by atoms with Gasteiger partial charge >= 0.3 is 0 Å². The van der Waals surface area contributed by atoms with E-state index in [2.05, 4.69) is 20.6 Å². The summed E-state index contributed by atoms with van der Waals surface area (Å²) in [5.74, 6) is 1.37. The van der Waals surface area contributed by atoms with Gasteiger partial charge in [-0.15, -0.1) is 11.3 Å². The van der Waals surface area contributed by atoms with Crippen molar-refractivity contribution in [2.75, 3.05) is 32.7 Å². The lowest BCUT2D eigenvalue weighted by atomic mass is 10.1. The molecule has 2 aromatic heterocycles. The number of anilines is 1. The summed E-state index contributed by atoms with van der Waals surface area (Å²) in [7, 11) is 3.30. The molecule has 0 atom stereocenters. The van der Waals surface area contributed by atoms with E-state index in [1.165, 1.54) is 17.7 Å². The average Bonchev–Trinajstić information content (AvgIpc) is 3.07. The number of thiophene rings is 1. The molecule has 2 N–H and O–H groups in total. The molecule has 3 aromatic rings. The first-order chi connectivity index (χ1) is 13.7. The Bertz CT molecular complexity index is 958. The van der Waals surface area contributed by atoms with E-state index in [-0.39, 0.29) is 5.91 Å². The van der Waals surface area contributed by atoms with Crippen LogP contribution in [0, 0.1) is 6.92 Å². The number of hydrogen-bond acceptors (Lipinski definition) is 7. The van der Waals surface area contributed by atoms with Crippen LogP contribution in [0.2, 0.25) is 0 Å². The smallest absolute Gasteiger partial charge is 0.261 e. The van der Waals surface area contributed by atoms with Gasteiger partial charge in [0.05, 0.1) is 17.4 Å². The van der Waals surface area contributed by atoms with Gasteiger partial charge in [-0.1, -0.05) is 18.2 Å². The predicted molar refractivity (Wildman–Crippen MR) is 111 cm³/mol. The minimum Gasteiger partial charge on any atom is -0.496 e. The lowest BCUT2D eigenvalue weighted by molar-refractivity contribution is 0.0954. The molecule has 28 heavy (non-hydrogen) atoms. The van der Waals surface area contributed by atoms with E-state index < -0.39 is 0 Å². The maximum Gasteiger partial charge on any atom is 0.261 e. The molecule has 3 rings (SSSR count). The molecular weight excluding hydrogens is 376 g/mol. The van der Waals surface area contributed by atoms with Crippen molar-refractivity contribution in [3.05, 3.63) is 46.6 Å². The highest BCUT2D eigenvalue weighted by Crippen LogP contribution is 2.33. The molecule has 8 heteroatoms. The van der Waals surface area contributed by atoms with E-state index in [1.54, 1.807) is 14.2 Å². The Balaban J connectivity index is 1.77.